The van der Waals surface area contributed by atoms with Gasteiger partial charge >= 0.3 is 0 Å². The minimum Gasteiger partial charge on any atom is -0.348 e. The summed E-state index contributed by atoms with van der Waals surface area (Å²) in [5, 5.41) is 17.1. The lowest BCUT2D eigenvalue weighted by atomic mass is 10.1. The average molecular weight is 436 g/mol. The maximum absolute atomic E-state index is 12.8. The van der Waals surface area contributed by atoms with E-state index in [4.69, 9.17) is 11.6 Å². The maximum atomic E-state index is 12.8. The molecule has 0 aliphatic carbocycles. The summed E-state index contributed by atoms with van der Waals surface area (Å²) >= 11 is 7.56. The summed E-state index contributed by atoms with van der Waals surface area (Å²) < 4.78 is 0. The van der Waals surface area contributed by atoms with Gasteiger partial charge in [-0.25, -0.2) is 0 Å². The topological polar surface area (TPSA) is 101 Å². The van der Waals surface area contributed by atoms with Gasteiger partial charge in [0, 0.05) is 22.7 Å². The number of nitro benzene ring substituents is 1. The van der Waals surface area contributed by atoms with Crippen molar-refractivity contribution >= 4 is 40.9 Å². The lowest BCUT2D eigenvalue weighted by Crippen LogP contribution is -2.47. The van der Waals surface area contributed by atoms with Crippen LogP contribution < -0.4 is 10.6 Å². The monoisotopic (exact) mass is 435 g/mol. The molecule has 0 saturated heterocycles. The highest BCUT2D eigenvalue weighted by atomic mass is 35.5. The molecule has 2 aromatic rings. The Hall–Kier alpha value is -2.58. The second-order valence-corrected chi connectivity index (χ2v) is 7.82. The van der Waals surface area contributed by atoms with Crippen LogP contribution in [0.4, 0.5) is 5.69 Å². The van der Waals surface area contributed by atoms with Gasteiger partial charge in [0.2, 0.25) is 5.91 Å². The Bertz CT molecular complexity index is 894. The zero-order valence-electron chi connectivity index (χ0n) is 16.1. The minimum absolute atomic E-state index is 0.129. The molecule has 0 fully saturated rings. The van der Waals surface area contributed by atoms with Crippen molar-refractivity contribution in [3.63, 3.8) is 0 Å². The van der Waals surface area contributed by atoms with Crippen molar-refractivity contribution in [2.45, 2.75) is 25.4 Å². The van der Waals surface area contributed by atoms with Crippen LogP contribution in [0.5, 0.6) is 0 Å². The molecular weight excluding hydrogens is 414 g/mol. The fourth-order valence-corrected chi connectivity index (χ4v) is 3.35. The van der Waals surface area contributed by atoms with Gasteiger partial charge in [-0.3, -0.25) is 19.7 Å². The van der Waals surface area contributed by atoms with Crippen LogP contribution in [-0.2, 0) is 4.79 Å². The Morgan fingerprint density at radius 3 is 2.55 bits per heavy atom. The van der Waals surface area contributed by atoms with Crippen LogP contribution in [0.25, 0.3) is 0 Å². The molecule has 0 saturated carbocycles. The second-order valence-electron chi connectivity index (χ2n) is 6.40. The minimum atomic E-state index is -0.768. The molecule has 2 aromatic carbocycles. The Morgan fingerprint density at radius 2 is 1.90 bits per heavy atom. The van der Waals surface area contributed by atoms with E-state index in [1.54, 1.807) is 30.0 Å². The summed E-state index contributed by atoms with van der Waals surface area (Å²) in [6.45, 7) is 1.83. The van der Waals surface area contributed by atoms with Gasteiger partial charge in [-0.15, -0.1) is 0 Å². The SMILES string of the molecule is CSCCC(NC(=O)c1cccc([N+](=O)[O-])c1)C(=O)NC(C)c1cccc(Cl)c1. The van der Waals surface area contributed by atoms with Crippen molar-refractivity contribution in [3.8, 4) is 0 Å². The molecule has 0 aromatic heterocycles. The number of benzene rings is 2. The predicted molar refractivity (Wildman–Crippen MR) is 115 cm³/mol. The van der Waals surface area contributed by atoms with Crippen molar-refractivity contribution in [1.82, 2.24) is 10.6 Å². The third-order valence-corrected chi connectivity index (χ3v) is 5.14. The molecule has 0 aliphatic heterocycles. The number of hydrogen-bond acceptors (Lipinski definition) is 5. The molecule has 0 heterocycles. The van der Waals surface area contributed by atoms with Gasteiger partial charge in [-0.1, -0.05) is 29.8 Å². The molecule has 7 nitrogen and oxygen atoms in total. The number of carbonyl (C=O) groups excluding carboxylic acids is 2. The summed E-state index contributed by atoms with van der Waals surface area (Å²) in [6, 6.07) is 11.5. The van der Waals surface area contributed by atoms with Crippen LogP contribution >= 0.6 is 23.4 Å². The summed E-state index contributed by atoms with van der Waals surface area (Å²) in [7, 11) is 0. The Balaban J connectivity index is 2.11. The zero-order chi connectivity index (χ0) is 21.4. The lowest BCUT2D eigenvalue weighted by Gasteiger charge is -2.21. The van der Waals surface area contributed by atoms with E-state index in [9.17, 15) is 19.7 Å². The van der Waals surface area contributed by atoms with Crippen molar-refractivity contribution < 1.29 is 14.5 Å². The number of hydrogen-bond donors (Lipinski definition) is 2. The summed E-state index contributed by atoms with van der Waals surface area (Å²) in [5.41, 5.74) is 0.792. The van der Waals surface area contributed by atoms with E-state index >= 15 is 0 Å². The molecule has 2 unspecified atom stereocenters. The Kier molecular flexibility index (Phi) is 8.48. The van der Waals surface area contributed by atoms with Crippen molar-refractivity contribution in [3.05, 3.63) is 74.8 Å². The standard InChI is InChI=1S/C20H22ClN3O4S/c1-13(14-5-3-7-16(21)11-14)22-20(26)18(9-10-29-2)23-19(25)15-6-4-8-17(12-15)24(27)28/h3-8,11-13,18H,9-10H2,1-2H3,(H,22,26)(H,23,25). The third kappa shape index (κ3) is 6.76. The van der Waals surface area contributed by atoms with Crippen LogP contribution in [-0.4, -0.2) is 34.8 Å². The van der Waals surface area contributed by atoms with Gasteiger partial charge in [0.05, 0.1) is 11.0 Å². The van der Waals surface area contributed by atoms with Crippen LogP contribution in [0, 0.1) is 10.1 Å². The van der Waals surface area contributed by atoms with Crippen LogP contribution in [0.15, 0.2) is 48.5 Å². The van der Waals surface area contributed by atoms with Gasteiger partial charge in [-0.2, -0.15) is 11.8 Å². The maximum Gasteiger partial charge on any atom is 0.270 e. The van der Waals surface area contributed by atoms with Crippen LogP contribution in [0.1, 0.15) is 35.3 Å². The first-order valence-electron chi connectivity index (χ1n) is 8.92. The molecule has 0 spiro atoms. The highest BCUT2D eigenvalue weighted by Crippen LogP contribution is 2.18. The zero-order valence-corrected chi connectivity index (χ0v) is 17.6. The summed E-state index contributed by atoms with van der Waals surface area (Å²) in [4.78, 5) is 35.7. The third-order valence-electron chi connectivity index (χ3n) is 4.26. The largest absolute Gasteiger partial charge is 0.348 e. The molecule has 0 radical (unpaired) electrons. The molecule has 2 atom stereocenters. The fourth-order valence-electron chi connectivity index (χ4n) is 2.68. The van der Waals surface area contributed by atoms with E-state index in [1.807, 2.05) is 19.2 Å². The number of halogens is 1. The first kappa shape index (κ1) is 22.7. The van der Waals surface area contributed by atoms with E-state index in [1.165, 1.54) is 24.3 Å². The molecule has 0 aliphatic rings. The Labute approximate surface area is 178 Å². The van der Waals surface area contributed by atoms with Gasteiger partial charge < -0.3 is 10.6 Å². The lowest BCUT2D eigenvalue weighted by molar-refractivity contribution is -0.384. The number of thioether (sulfide) groups is 1. The van der Waals surface area contributed by atoms with E-state index < -0.39 is 16.9 Å². The second kappa shape index (κ2) is 10.8. The van der Waals surface area contributed by atoms with E-state index in [0.717, 1.165) is 5.56 Å². The number of amides is 2. The number of nitro groups is 1. The first-order chi connectivity index (χ1) is 13.8. The molecule has 29 heavy (non-hydrogen) atoms. The smallest absolute Gasteiger partial charge is 0.270 e. The molecular formula is C20H22ClN3O4S. The van der Waals surface area contributed by atoms with Gasteiger partial charge in [-0.05, 0) is 49.1 Å². The van der Waals surface area contributed by atoms with E-state index in [0.29, 0.717) is 17.2 Å². The number of carbonyl (C=O) groups is 2. The summed E-state index contributed by atoms with van der Waals surface area (Å²) in [6.07, 6.45) is 2.34. The number of nitrogens with one attached hydrogen (secondary N) is 2. The van der Waals surface area contributed by atoms with Crippen molar-refractivity contribution in [2.24, 2.45) is 0 Å². The van der Waals surface area contributed by atoms with Crippen LogP contribution in [0.2, 0.25) is 5.02 Å². The quantitative estimate of drug-likeness (QED) is 0.458. The van der Waals surface area contributed by atoms with Gasteiger partial charge in [0.25, 0.3) is 11.6 Å². The number of nitrogens with zero attached hydrogens (tertiary/aromatic N) is 1. The predicted octanol–water partition coefficient (Wildman–Crippen LogP) is 3.98. The van der Waals surface area contributed by atoms with Crippen molar-refractivity contribution in [2.75, 3.05) is 12.0 Å². The van der Waals surface area contributed by atoms with Crippen molar-refractivity contribution in [1.29, 1.82) is 0 Å². The van der Waals surface area contributed by atoms with E-state index in [-0.39, 0.29) is 23.2 Å². The number of non-ortho nitro benzene ring substituents is 1. The fraction of sp³-hybridized carbons (Fsp3) is 0.300. The average Bonchev–Trinajstić information content (AvgIpc) is 2.70. The highest BCUT2D eigenvalue weighted by molar-refractivity contribution is 7.98. The molecule has 2 N–H and O–H groups in total. The van der Waals surface area contributed by atoms with Crippen LogP contribution in [0.3, 0.4) is 0 Å². The first-order valence-corrected chi connectivity index (χ1v) is 10.7. The highest BCUT2D eigenvalue weighted by Gasteiger charge is 2.23. The molecule has 9 heteroatoms. The summed E-state index contributed by atoms with van der Waals surface area (Å²) in [5.74, 6) is -0.200. The Morgan fingerprint density at radius 1 is 1.17 bits per heavy atom. The molecule has 2 amide bonds. The number of rotatable bonds is 9. The van der Waals surface area contributed by atoms with Gasteiger partial charge in [0.1, 0.15) is 6.04 Å². The van der Waals surface area contributed by atoms with E-state index in [2.05, 4.69) is 10.6 Å². The normalized spacial score (nSPS) is 12.7. The van der Waals surface area contributed by atoms with Gasteiger partial charge in [0.15, 0.2) is 0 Å². The molecule has 2 rings (SSSR count). The molecule has 154 valence electrons. The molecule has 0 bridgehead atoms.